The highest BCUT2D eigenvalue weighted by atomic mass is 14.4. The SMILES string of the molecule is CC1CCC(C2CCC(C)CC2)CC1.CC1CCC(CC2CCC(C)CC2)CC1.CC1CCC(CC2CCCC(C)C2)CC1.CC1CCC(CC2CCCCC2C)CC1.CC1CCCC(C2CCCC(C)C2)C1.CCC1(C)CC(C)CC(C)(C)C1.CCC1CCC(CC)CC1.CCC1CCCC(CC)C1.CCC1CCCCC1CC. The van der Waals surface area contributed by atoms with Gasteiger partial charge in [-0.25, -0.2) is 0 Å². The highest BCUT2D eigenvalue weighted by Gasteiger charge is 2.39. The van der Waals surface area contributed by atoms with E-state index < -0.39 is 0 Å². The topological polar surface area (TPSA) is 0 Å². The molecule has 115 heavy (non-hydrogen) atoms. The Hall–Kier alpha value is 0. The first-order chi connectivity index (χ1) is 55.2. The maximum Gasteiger partial charge on any atom is -0.0321 e. The summed E-state index contributed by atoms with van der Waals surface area (Å²) in [6.45, 7) is 50.5. The summed E-state index contributed by atoms with van der Waals surface area (Å²) in [6.07, 6.45) is 97.7. The van der Waals surface area contributed by atoms with E-state index in [-0.39, 0.29) is 0 Å². The molecule has 14 aliphatic carbocycles. The zero-order valence-electron chi connectivity index (χ0n) is 83.6. The fourth-order valence-electron chi connectivity index (χ4n) is 28.5. The van der Waals surface area contributed by atoms with Crippen LogP contribution in [-0.2, 0) is 0 Å². The molecule has 14 unspecified atom stereocenters. The van der Waals surface area contributed by atoms with Crippen molar-refractivity contribution in [3.63, 3.8) is 0 Å². The van der Waals surface area contributed by atoms with Gasteiger partial charge in [-0.2, -0.15) is 0 Å². The van der Waals surface area contributed by atoms with Crippen LogP contribution in [-0.4, -0.2) is 0 Å². The molecule has 0 nitrogen and oxygen atoms in total. The van der Waals surface area contributed by atoms with Crippen LogP contribution < -0.4 is 0 Å². The zero-order valence-corrected chi connectivity index (χ0v) is 83.6. The van der Waals surface area contributed by atoms with Crippen molar-refractivity contribution in [2.75, 3.05) is 0 Å². The fraction of sp³-hybridized carbons (Fsp3) is 1.00. The molecule has 0 aromatic heterocycles. The Kier molecular flexibility index (Phi) is 52.6. The van der Waals surface area contributed by atoms with Gasteiger partial charge in [0.25, 0.3) is 0 Å². The van der Waals surface area contributed by atoms with Gasteiger partial charge >= 0.3 is 0 Å². The Bertz CT molecular complexity index is 2150. The van der Waals surface area contributed by atoms with E-state index in [0.717, 1.165) is 160 Å². The molecular weight excluding hydrogens is 1380 g/mol. The fourth-order valence-corrected chi connectivity index (χ4v) is 28.5. The Morgan fingerprint density at radius 3 is 0.835 bits per heavy atom. The van der Waals surface area contributed by atoms with Crippen LogP contribution in [0.2, 0.25) is 0 Å². The maximum absolute atomic E-state index is 2.50. The van der Waals surface area contributed by atoms with Crippen LogP contribution in [0.4, 0.5) is 0 Å². The third kappa shape index (κ3) is 42.7. The molecule has 0 amide bonds. The van der Waals surface area contributed by atoms with Crippen molar-refractivity contribution in [1.29, 1.82) is 0 Å². The summed E-state index contributed by atoms with van der Waals surface area (Å²) >= 11 is 0. The summed E-state index contributed by atoms with van der Waals surface area (Å²) < 4.78 is 0. The van der Waals surface area contributed by atoms with Crippen LogP contribution in [0, 0.1) is 171 Å². The van der Waals surface area contributed by atoms with E-state index in [4.69, 9.17) is 0 Å². The summed E-state index contributed by atoms with van der Waals surface area (Å²) in [4.78, 5) is 0. The summed E-state index contributed by atoms with van der Waals surface area (Å²) in [5.41, 5.74) is 1.21. The quantitative estimate of drug-likeness (QED) is 0.153. The molecular formula is C115H220. The van der Waals surface area contributed by atoms with Crippen LogP contribution in [0.1, 0.15) is 563 Å². The maximum atomic E-state index is 2.50. The number of hydrogen-bond acceptors (Lipinski definition) is 0. The largest absolute Gasteiger partial charge is 0.0651 e. The predicted molar refractivity (Wildman–Crippen MR) is 518 cm³/mol. The van der Waals surface area contributed by atoms with Crippen molar-refractivity contribution >= 4 is 0 Å². The molecule has 0 bridgehead atoms. The van der Waals surface area contributed by atoms with E-state index in [1.165, 1.54) is 360 Å². The summed E-state index contributed by atoms with van der Waals surface area (Å²) in [5.74, 6) is 28.5. The van der Waals surface area contributed by atoms with Crippen LogP contribution in [0.15, 0.2) is 0 Å². The Morgan fingerprint density at radius 2 is 0.504 bits per heavy atom. The van der Waals surface area contributed by atoms with Gasteiger partial charge in [-0.05, 0) is 261 Å². The molecule has 0 aromatic carbocycles. The van der Waals surface area contributed by atoms with E-state index in [9.17, 15) is 0 Å². The molecule has 0 aromatic rings. The molecule has 0 heteroatoms. The third-order valence-electron chi connectivity index (χ3n) is 37.0. The first-order valence-electron chi connectivity index (χ1n) is 55.2. The summed E-state index contributed by atoms with van der Waals surface area (Å²) in [6, 6.07) is 0. The molecule has 680 valence electrons. The normalized spacial score (nSPS) is 40.9. The van der Waals surface area contributed by atoms with Gasteiger partial charge in [0.2, 0.25) is 0 Å². The van der Waals surface area contributed by atoms with Crippen LogP contribution in [0.3, 0.4) is 0 Å². The lowest BCUT2D eigenvalue weighted by molar-refractivity contribution is 0.0581. The molecule has 14 aliphatic rings. The van der Waals surface area contributed by atoms with Gasteiger partial charge in [0, 0.05) is 0 Å². The molecule has 0 N–H and O–H groups in total. The van der Waals surface area contributed by atoms with E-state index in [1.54, 1.807) is 57.8 Å². The lowest BCUT2D eigenvalue weighted by Gasteiger charge is -2.45. The molecule has 14 rings (SSSR count). The average molecular weight is 1600 g/mol. The summed E-state index contributed by atoms with van der Waals surface area (Å²) in [7, 11) is 0. The Balaban J connectivity index is 0.000000202. The van der Waals surface area contributed by atoms with Crippen molar-refractivity contribution < 1.29 is 0 Å². The molecule has 0 saturated heterocycles. The number of hydrogen-bond donors (Lipinski definition) is 0. The molecule has 0 aliphatic heterocycles. The second-order valence-electron chi connectivity index (χ2n) is 48.5. The Labute approximate surface area is 728 Å². The minimum atomic E-state index is 0.586. The molecule has 0 heterocycles. The minimum absolute atomic E-state index is 0.586. The van der Waals surface area contributed by atoms with Crippen molar-refractivity contribution in [2.24, 2.45) is 171 Å². The van der Waals surface area contributed by atoms with E-state index >= 15 is 0 Å². The lowest BCUT2D eigenvalue weighted by Crippen LogP contribution is -2.34. The van der Waals surface area contributed by atoms with Crippen molar-refractivity contribution in [3.8, 4) is 0 Å². The molecule has 14 fully saturated rings. The van der Waals surface area contributed by atoms with Gasteiger partial charge in [0.05, 0.1) is 0 Å². The van der Waals surface area contributed by atoms with Gasteiger partial charge in [-0.3, -0.25) is 0 Å². The molecule has 14 atom stereocenters. The van der Waals surface area contributed by atoms with Crippen molar-refractivity contribution in [3.05, 3.63) is 0 Å². The lowest BCUT2D eigenvalue weighted by atomic mass is 9.60. The molecule has 0 radical (unpaired) electrons. The van der Waals surface area contributed by atoms with Gasteiger partial charge in [-0.15, -0.1) is 0 Å². The van der Waals surface area contributed by atoms with Crippen LogP contribution >= 0.6 is 0 Å². The first kappa shape index (κ1) is 104. The van der Waals surface area contributed by atoms with E-state index in [2.05, 4.69) is 145 Å². The standard InChI is InChI=1S/3C15H28.2C14H26.C12H24.3C10H20/c1-12-3-7-14(8-4-12)11-15-9-5-13(2)6-10-15;1-12-6-8-14(9-7-12)11-15-5-3-4-13(2)10-15;1-12-7-9-14(10-8-12)11-15-6-4-3-5-13(15)2;1-11-3-7-13(8-4-11)14-9-5-12(2)6-10-14;1-11-5-3-7-13(9-11)14-8-4-6-12(2)10-14;1-6-12(5)8-10(2)7-11(3,4)9-12;1-3-9-5-7-10(4-2)8-6-9;1-3-9-6-5-7-10(4-2)8-9;1-3-9-7-5-6-8-10(9)4-2/h3*12-15H,3-11H2,1-2H3;2*11-14H,3-10H2,1-2H3;10H,6-9H2,1-5H3;3*9-10H,3-8H2,1-2H3. The van der Waals surface area contributed by atoms with Crippen LogP contribution in [0.5, 0.6) is 0 Å². The Morgan fingerprint density at radius 1 is 0.200 bits per heavy atom. The monoisotopic (exact) mass is 1600 g/mol. The molecule has 0 spiro atoms. The van der Waals surface area contributed by atoms with Gasteiger partial charge in [-0.1, -0.05) is 473 Å². The van der Waals surface area contributed by atoms with E-state index in [0.29, 0.717) is 10.8 Å². The minimum Gasteiger partial charge on any atom is -0.0651 e. The average Bonchev–Trinajstić information content (AvgIpc) is 0.808. The number of rotatable bonds is 15. The van der Waals surface area contributed by atoms with Gasteiger partial charge in [0.15, 0.2) is 0 Å². The van der Waals surface area contributed by atoms with Gasteiger partial charge in [0.1, 0.15) is 0 Å². The molecule has 14 saturated carbocycles. The highest BCUT2D eigenvalue weighted by molar-refractivity contribution is 4.90. The van der Waals surface area contributed by atoms with E-state index in [1.807, 2.05) is 0 Å². The third-order valence-corrected chi connectivity index (χ3v) is 37.0. The van der Waals surface area contributed by atoms with Crippen molar-refractivity contribution in [2.45, 2.75) is 563 Å². The first-order valence-corrected chi connectivity index (χ1v) is 55.2. The predicted octanol–water partition coefficient (Wildman–Crippen LogP) is 39.5. The highest BCUT2D eigenvalue weighted by Crippen LogP contribution is 2.51. The van der Waals surface area contributed by atoms with Gasteiger partial charge < -0.3 is 0 Å². The second kappa shape index (κ2) is 58.3. The van der Waals surface area contributed by atoms with Crippen LogP contribution in [0.25, 0.3) is 0 Å². The zero-order chi connectivity index (χ0) is 83.6. The second-order valence-corrected chi connectivity index (χ2v) is 48.5. The van der Waals surface area contributed by atoms with Crippen molar-refractivity contribution in [1.82, 2.24) is 0 Å². The smallest absolute Gasteiger partial charge is 0.0321 e. The summed E-state index contributed by atoms with van der Waals surface area (Å²) in [5, 5.41) is 0.